The Balaban J connectivity index is 0.00000261. The Morgan fingerprint density at radius 3 is 2.70 bits per heavy atom. The van der Waals surface area contributed by atoms with Crippen molar-refractivity contribution in [3.63, 3.8) is 0 Å². The lowest BCUT2D eigenvalue weighted by atomic mass is 10.1. The Hall–Kier alpha value is -1.79. The van der Waals surface area contributed by atoms with Gasteiger partial charge in [0.15, 0.2) is 0 Å². The maximum atomic E-state index is 12.2. The maximum Gasteiger partial charge on any atom is 0.327 e. The van der Waals surface area contributed by atoms with E-state index in [1.807, 2.05) is 18.2 Å². The molecule has 2 saturated heterocycles. The summed E-state index contributed by atoms with van der Waals surface area (Å²) in [6, 6.07) is 7.87. The summed E-state index contributed by atoms with van der Waals surface area (Å²) in [6.45, 7) is 3.15. The van der Waals surface area contributed by atoms with Crippen molar-refractivity contribution in [2.24, 2.45) is 0 Å². The quantitative estimate of drug-likeness (QED) is 0.488. The number of rotatable bonds is 10. The van der Waals surface area contributed by atoms with Crippen LogP contribution in [0.4, 0.5) is 4.79 Å². The fourth-order valence-electron chi connectivity index (χ4n) is 3.85. The summed E-state index contributed by atoms with van der Waals surface area (Å²) in [6.07, 6.45) is 5.66. The molecule has 3 amide bonds. The van der Waals surface area contributed by atoms with Gasteiger partial charge in [-0.2, -0.15) is 0 Å². The number of fused-ring (bicyclic) bond motifs is 1. The van der Waals surface area contributed by atoms with Gasteiger partial charge in [0.2, 0.25) is 0 Å². The van der Waals surface area contributed by atoms with Gasteiger partial charge in [0, 0.05) is 13.1 Å². The third-order valence-corrected chi connectivity index (χ3v) is 5.26. The number of halogens is 1. The Kier molecular flexibility index (Phi) is 8.38. The van der Waals surface area contributed by atoms with Crippen molar-refractivity contribution in [1.29, 1.82) is 0 Å². The second-order valence-electron chi connectivity index (χ2n) is 7.00. The third-order valence-electron chi connectivity index (χ3n) is 5.26. The van der Waals surface area contributed by atoms with E-state index in [2.05, 4.69) is 11.4 Å². The summed E-state index contributed by atoms with van der Waals surface area (Å²) in [5.41, 5.74) is 1.24. The van der Waals surface area contributed by atoms with Crippen LogP contribution < -0.4 is 10.1 Å². The van der Waals surface area contributed by atoms with Crippen LogP contribution in [0.15, 0.2) is 24.3 Å². The molecule has 1 aromatic rings. The minimum absolute atomic E-state index is 0. The van der Waals surface area contributed by atoms with Crippen molar-refractivity contribution in [3.05, 3.63) is 29.8 Å². The highest BCUT2D eigenvalue weighted by Crippen LogP contribution is 2.27. The maximum absolute atomic E-state index is 12.2. The van der Waals surface area contributed by atoms with Crippen LogP contribution in [0, 0.1) is 0 Å². The largest absolute Gasteiger partial charge is 0.496 e. The predicted molar refractivity (Wildman–Crippen MR) is 108 cm³/mol. The average Bonchev–Trinajstić information content (AvgIpc) is 3.23. The number of urea groups is 1. The second kappa shape index (κ2) is 10.5. The number of ether oxygens (including phenoxy) is 1. The van der Waals surface area contributed by atoms with E-state index in [-0.39, 0.29) is 30.4 Å². The van der Waals surface area contributed by atoms with Gasteiger partial charge in [-0.3, -0.25) is 9.69 Å². The number of hydrogen-bond acceptors (Lipinski definition) is 4. The van der Waals surface area contributed by atoms with E-state index in [1.54, 1.807) is 12.0 Å². The molecule has 2 fully saturated rings. The molecule has 27 heavy (non-hydrogen) atoms. The fourth-order valence-corrected chi connectivity index (χ4v) is 3.85. The van der Waals surface area contributed by atoms with Crippen LogP contribution in [-0.4, -0.2) is 61.1 Å². The van der Waals surface area contributed by atoms with Gasteiger partial charge in [0.25, 0.3) is 5.91 Å². The molecule has 0 spiro atoms. The van der Waals surface area contributed by atoms with E-state index < -0.39 is 0 Å². The summed E-state index contributed by atoms with van der Waals surface area (Å²) >= 11 is 0. The van der Waals surface area contributed by atoms with Crippen molar-refractivity contribution >= 4 is 24.3 Å². The van der Waals surface area contributed by atoms with E-state index in [9.17, 15) is 9.59 Å². The number of aryl methyl sites for hydroxylation is 1. The van der Waals surface area contributed by atoms with Crippen LogP contribution in [0.5, 0.6) is 5.75 Å². The molecule has 2 heterocycles. The summed E-state index contributed by atoms with van der Waals surface area (Å²) in [5, 5.41) is 3.44. The van der Waals surface area contributed by atoms with E-state index in [1.165, 1.54) is 10.5 Å². The molecule has 0 saturated carbocycles. The molecule has 0 radical (unpaired) electrons. The first-order chi connectivity index (χ1) is 12.7. The first-order valence-electron chi connectivity index (χ1n) is 9.67. The topological polar surface area (TPSA) is 61.9 Å². The smallest absolute Gasteiger partial charge is 0.327 e. The SMILES string of the molecule is COc1ccccc1CCCNCCCCN1C(=O)C2CCCN2C1=O.Cl. The van der Waals surface area contributed by atoms with Crippen LogP contribution >= 0.6 is 12.4 Å². The second-order valence-corrected chi connectivity index (χ2v) is 7.00. The molecule has 7 heteroatoms. The summed E-state index contributed by atoms with van der Waals surface area (Å²) in [5.74, 6) is 0.963. The Bertz CT molecular complexity index is 619. The van der Waals surface area contributed by atoms with E-state index >= 15 is 0 Å². The van der Waals surface area contributed by atoms with Crippen molar-refractivity contribution < 1.29 is 14.3 Å². The van der Waals surface area contributed by atoms with Crippen LogP contribution in [0.2, 0.25) is 0 Å². The zero-order valence-electron chi connectivity index (χ0n) is 16.0. The van der Waals surface area contributed by atoms with Crippen LogP contribution in [0.3, 0.4) is 0 Å². The number of unbranched alkanes of at least 4 members (excludes halogenated alkanes) is 1. The molecular formula is C20H30ClN3O3. The minimum Gasteiger partial charge on any atom is -0.496 e. The number of para-hydroxylation sites is 1. The number of nitrogens with one attached hydrogen (secondary N) is 1. The molecule has 0 bridgehead atoms. The zero-order chi connectivity index (χ0) is 18.4. The molecule has 3 rings (SSSR count). The molecule has 150 valence electrons. The van der Waals surface area contributed by atoms with E-state index in [0.29, 0.717) is 6.54 Å². The van der Waals surface area contributed by atoms with Gasteiger partial charge >= 0.3 is 6.03 Å². The van der Waals surface area contributed by atoms with Crippen molar-refractivity contribution in [3.8, 4) is 5.75 Å². The van der Waals surface area contributed by atoms with Crippen LogP contribution in [-0.2, 0) is 11.2 Å². The fraction of sp³-hybridized carbons (Fsp3) is 0.600. The molecule has 1 N–H and O–H groups in total. The van der Waals surface area contributed by atoms with Crippen molar-refractivity contribution in [1.82, 2.24) is 15.1 Å². The molecule has 2 aliphatic heterocycles. The molecule has 1 atom stereocenters. The molecule has 1 aromatic carbocycles. The molecule has 2 aliphatic rings. The van der Waals surface area contributed by atoms with Gasteiger partial charge in [0.1, 0.15) is 11.8 Å². The first-order valence-corrected chi connectivity index (χ1v) is 9.67. The van der Waals surface area contributed by atoms with Crippen molar-refractivity contribution in [2.45, 2.75) is 44.6 Å². The van der Waals surface area contributed by atoms with Gasteiger partial charge in [-0.05, 0) is 63.2 Å². The average molecular weight is 396 g/mol. The Morgan fingerprint density at radius 1 is 1.15 bits per heavy atom. The lowest BCUT2D eigenvalue weighted by Gasteiger charge is -2.15. The number of imide groups is 1. The van der Waals surface area contributed by atoms with E-state index in [0.717, 1.165) is 63.9 Å². The lowest BCUT2D eigenvalue weighted by Crippen LogP contribution is -2.34. The molecule has 0 aromatic heterocycles. The molecule has 6 nitrogen and oxygen atoms in total. The highest BCUT2D eigenvalue weighted by molar-refractivity contribution is 6.04. The lowest BCUT2D eigenvalue weighted by molar-refractivity contribution is -0.128. The molecular weight excluding hydrogens is 366 g/mol. The number of benzene rings is 1. The third kappa shape index (κ3) is 5.14. The summed E-state index contributed by atoms with van der Waals surface area (Å²) in [7, 11) is 1.71. The Morgan fingerprint density at radius 2 is 1.93 bits per heavy atom. The number of hydrogen-bond donors (Lipinski definition) is 1. The minimum atomic E-state index is -0.171. The number of carbonyl (C=O) groups excluding carboxylic acids is 2. The monoisotopic (exact) mass is 395 g/mol. The first kappa shape index (κ1) is 21.5. The molecule has 1 unspecified atom stereocenters. The van der Waals surface area contributed by atoms with Gasteiger partial charge < -0.3 is 15.0 Å². The van der Waals surface area contributed by atoms with Crippen LogP contribution in [0.1, 0.15) is 37.7 Å². The Labute approximate surface area is 167 Å². The van der Waals surface area contributed by atoms with E-state index in [4.69, 9.17) is 4.74 Å². The number of amides is 3. The van der Waals surface area contributed by atoms with Gasteiger partial charge in [-0.15, -0.1) is 12.4 Å². The zero-order valence-corrected chi connectivity index (χ0v) is 16.8. The van der Waals surface area contributed by atoms with Crippen molar-refractivity contribution in [2.75, 3.05) is 33.3 Å². The summed E-state index contributed by atoms with van der Waals surface area (Å²) in [4.78, 5) is 27.6. The number of methoxy groups -OCH3 is 1. The summed E-state index contributed by atoms with van der Waals surface area (Å²) < 4.78 is 5.37. The number of nitrogens with zero attached hydrogens (tertiary/aromatic N) is 2. The van der Waals surface area contributed by atoms with Gasteiger partial charge in [-0.25, -0.2) is 4.79 Å². The van der Waals surface area contributed by atoms with Gasteiger partial charge in [0.05, 0.1) is 7.11 Å². The standard InChI is InChI=1S/C20H29N3O3.ClH/c1-26-18-11-3-2-8-16(18)9-6-13-21-12-4-5-14-23-19(24)17-10-7-15-22(17)20(23)25;/h2-3,8,11,17,21H,4-7,9-10,12-15H2,1H3;1H. The predicted octanol–water partition coefficient (Wildman–Crippen LogP) is 2.85. The van der Waals surface area contributed by atoms with Gasteiger partial charge in [-0.1, -0.05) is 18.2 Å². The highest BCUT2D eigenvalue weighted by Gasteiger charge is 2.46. The molecule has 0 aliphatic carbocycles. The number of carbonyl (C=O) groups is 2. The van der Waals surface area contributed by atoms with Crippen LogP contribution in [0.25, 0.3) is 0 Å². The normalized spacial score (nSPS) is 18.6. The highest BCUT2D eigenvalue weighted by atomic mass is 35.5.